The molecular weight excluding hydrogens is 316 g/mol. The van der Waals surface area contributed by atoms with Gasteiger partial charge in [-0.3, -0.25) is 14.7 Å². The number of nitrogen functional groups attached to an aromatic ring is 1. The Bertz CT molecular complexity index is 987. The van der Waals surface area contributed by atoms with Crippen LogP contribution in [0.3, 0.4) is 0 Å². The molecule has 3 N–H and O–H groups in total. The molecule has 2 aromatic heterocycles. The molecule has 0 unspecified atom stereocenters. The number of aromatic amines is 1. The highest BCUT2D eigenvalue weighted by molar-refractivity contribution is 5.76. The lowest BCUT2D eigenvalue weighted by Gasteiger charge is -2.27. The zero-order chi connectivity index (χ0) is 17.6. The van der Waals surface area contributed by atoms with Crippen LogP contribution < -0.4 is 11.3 Å². The molecule has 4 rings (SSSR count). The maximum absolute atomic E-state index is 12.2. The second kappa shape index (κ2) is 6.00. The van der Waals surface area contributed by atoms with Crippen LogP contribution in [0, 0.1) is 0 Å². The summed E-state index contributed by atoms with van der Waals surface area (Å²) in [5.41, 5.74) is 9.20. The average Bonchev–Trinajstić information content (AvgIpc) is 2.93. The molecule has 7 heteroatoms. The highest BCUT2D eigenvalue weighted by atomic mass is 16.1. The number of nitrogens with one attached hydrogen (secondary N) is 1. The molecule has 0 atom stereocenters. The monoisotopic (exact) mass is 338 g/mol. The van der Waals surface area contributed by atoms with Crippen molar-refractivity contribution in [3.05, 3.63) is 51.7 Å². The van der Waals surface area contributed by atoms with Gasteiger partial charge in [0.1, 0.15) is 5.82 Å². The van der Waals surface area contributed by atoms with E-state index < -0.39 is 0 Å². The Morgan fingerprint density at radius 1 is 1.28 bits per heavy atom. The molecule has 1 aliphatic heterocycles. The number of fused-ring (bicyclic) bond motifs is 2. The third kappa shape index (κ3) is 2.80. The average molecular weight is 338 g/mol. The molecule has 0 spiro atoms. The first kappa shape index (κ1) is 15.8. The van der Waals surface area contributed by atoms with Gasteiger partial charge >= 0.3 is 0 Å². The van der Waals surface area contributed by atoms with E-state index in [-0.39, 0.29) is 11.5 Å². The Morgan fingerprint density at radius 3 is 2.88 bits per heavy atom. The topological polar surface area (TPSA) is 92.8 Å². The predicted octanol–water partition coefficient (Wildman–Crippen LogP) is 1.84. The Kier molecular flexibility index (Phi) is 3.80. The minimum absolute atomic E-state index is 0.135. The number of hydrogen-bond donors (Lipinski definition) is 2. The highest BCUT2D eigenvalue weighted by Gasteiger charge is 2.23. The van der Waals surface area contributed by atoms with Gasteiger partial charge in [-0.1, -0.05) is 12.1 Å². The van der Waals surface area contributed by atoms with E-state index in [9.17, 15) is 4.79 Å². The molecule has 0 saturated heterocycles. The van der Waals surface area contributed by atoms with E-state index in [1.165, 1.54) is 0 Å². The molecular formula is C18H22N6O. The molecule has 0 bridgehead atoms. The van der Waals surface area contributed by atoms with Crippen LogP contribution in [0.15, 0.2) is 29.1 Å². The van der Waals surface area contributed by atoms with Crippen molar-refractivity contribution < 1.29 is 0 Å². The molecule has 7 nitrogen and oxygen atoms in total. The number of hydrogen-bond acceptors (Lipinski definition) is 5. The number of anilines is 1. The minimum Gasteiger partial charge on any atom is -0.369 e. The van der Waals surface area contributed by atoms with Crippen LogP contribution in [0.4, 0.5) is 5.95 Å². The quantitative estimate of drug-likeness (QED) is 0.760. The largest absolute Gasteiger partial charge is 0.369 e. The predicted molar refractivity (Wildman–Crippen MR) is 97.2 cm³/mol. The number of benzene rings is 1. The van der Waals surface area contributed by atoms with Crippen molar-refractivity contribution in [3.63, 3.8) is 0 Å². The summed E-state index contributed by atoms with van der Waals surface area (Å²) in [6.45, 7) is 6.45. The number of para-hydroxylation sites is 2. The normalized spacial score (nSPS) is 15.0. The third-order valence-electron chi connectivity index (χ3n) is 4.72. The van der Waals surface area contributed by atoms with E-state index in [1.807, 2.05) is 18.2 Å². The van der Waals surface area contributed by atoms with Gasteiger partial charge in [-0.2, -0.15) is 0 Å². The van der Waals surface area contributed by atoms with Gasteiger partial charge in [0.05, 0.1) is 28.8 Å². The molecule has 25 heavy (non-hydrogen) atoms. The van der Waals surface area contributed by atoms with Gasteiger partial charge < -0.3 is 10.3 Å². The van der Waals surface area contributed by atoms with E-state index in [4.69, 9.17) is 10.7 Å². The standard InChI is InChI=1S/C18H22N6O/c1-11(2)24-15-6-4-3-5-14(15)20-16(24)10-23-8-7-13-12(9-23)17(25)22-18(19)21-13/h3-6,11H,7-10H2,1-2H3,(H3,19,21,22,25). The summed E-state index contributed by atoms with van der Waals surface area (Å²) in [4.78, 5) is 26.1. The number of aromatic nitrogens is 4. The summed E-state index contributed by atoms with van der Waals surface area (Å²) in [7, 11) is 0. The van der Waals surface area contributed by atoms with Gasteiger partial charge in [0.2, 0.25) is 5.95 Å². The fraction of sp³-hybridized carbons (Fsp3) is 0.389. The molecule has 1 aromatic carbocycles. The van der Waals surface area contributed by atoms with Crippen LogP contribution in [0.1, 0.15) is 37.0 Å². The van der Waals surface area contributed by atoms with E-state index >= 15 is 0 Å². The lowest BCUT2D eigenvalue weighted by atomic mass is 10.1. The van der Waals surface area contributed by atoms with Crippen molar-refractivity contribution in [1.82, 2.24) is 24.4 Å². The molecule has 3 aromatic rings. The second-order valence-corrected chi connectivity index (χ2v) is 6.82. The Balaban J connectivity index is 1.66. The smallest absolute Gasteiger partial charge is 0.257 e. The lowest BCUT2D eigenvalue weighted by molar-refractivity contribution is 0.232. The van der Waals surface area contributed by atoms with Gasteiger partial charge in [-0.25, -0.2) is 9.97 Å². The van der Waals surface area contributed by atoms with Crippen LogP contribution in [-0.4, -0.2) is 31.0 Å². The van der Waals surface area contributed by atoms with Crippen molar-refractivity contribution >= 4 is 17.0 Å². The number of imidazole rings is 1. The SMILES string of the molecule is CC(C)n1c(CN2CCc3nc(N)[nH]c(=O)c3C2)nc2ccccc21. The van der Waals surface area contributed by atoms with Gasteiger partial charge in [0.15, 0.2) is 0 Å². The molecule has 1 aliphatic rings. The number of rotatable bonds is 3. The molecule has 0 aliphatic carbocycles. The number of H-pyrrole nitrogens is 1. The molecule has 3 heterocycles. The maximum Gasteiger partial charge on any atom is 0.257 e. The minimum atomic E-state index is -0.135. The third-order valence-corrected chi connectivity index (χ3v) is 4.72. The Labute approximate surface area is 145 Å². The summed E-state index contributed by atoms with van der Waals surface area (Å²) in [6, 6.07) is 8.52. The van der Waals surface area contributed by atoms with Gasteiger partial charge in [-0.05, 0) is 26.0 Å². The molecule has 0 saturated carbocycles. The van der Waals surface area contributed by atoms with Crippen LogP contribution in [-0.2, 0) is 19.5 Å². The fourth-order valence-electron chi connectivity index (χ4n) is 3.62. The maximum atomic E-state index is 12.2. The summed E-state index contributed by atoms with van der Waals surface area (Å²) in [5.74, 6) is 1.22. The van der Waals surface area contributed by atoms with Crippen molar-refractivity contribution in [2.45, 2.75) is 39.4 Å². The summed E-state index contributed by atoms with van der Waals surface area (Å²) in [5, 5.41) is 0. The first-order chi connectivity index (χ1) is 12.0. The van der Waals surface area contributed by atoms with Crippen LogP contribution >= 0.6 is 0 Å². The lowest BCUT2D eigenvalue weighted by Crippen LogP contribution is -2.36. The first-order valence-corrected chi connectivity index (χ1v) is 8.58. The zero-order valence-corrected chi connectivity index (χ0v) is 14.5. The van der Waals surface area contributed by atoms with Crippen molar-refractivity contribution in [1.29, 1.82) is 0 Å². The summed E-state index contributed by atoms with van der Waals surface area (Å²) < 4.78 is 2.27. The summed E-state index contributed by atoms with van der Waals surface area (Å²) in [6.07, 6.45) is 0.728. The van der Waals surface area contributed by atoms with Crippen molar-refractivity contribution in [3.8, 4) is 0 Å². The van der Waals surface area contributed by atoms with Crippen molar-refractivity contribution in [2.24, 2.45) is 0 Å². The second-order valence-electron chi connectivity index (χ2n) is 6.82. The van der Waals surface area contributed by atoms with Gasteiger partial charge in [0.25, 0.3) is 5.56 Å². The summed E-state index contributed by atoms with van der Waals surface area (Å²) >= 11 is 0. The van der Waals surface area contributed by atoms with Crippen LogP contribution in [0.5, 0.6) is 0 Å². The van der Waals surface area contributed by atoms with Gasteiger partial charge in [0, 0.05) is 25.6 Å². The van der Waals surface area contributed by atoms with E-state index in [1.54, 1.807) is 0 Å². The van der Waals surface area contributed by atoms with Crippen molar-refractivity contribution in [2.75, 3.05) is 12.3 Å². The molecule has 0 amide bonds. The van der Waals surface area contributed by atoms with Crippen LogP contribution in [0.2, 0.25) is 0 Å². The number of nitrogens with zero attached hydrogens (tertiary/aromatic N) is 4. The van der Waals surface area contributed by atoms with E-state index in [0.717, 1.165) is 35.5 Å². The van der Waals surface area contributed by atoms with E-state index in [2.05, 4.69) is 39.3 Å². The Morgan fingerprint density at radius 2 is 2.08 bits per heavy atom. The molecule has 0 fully saturated rings. The molecule has 0 radical (unpaired) electrons. The highest BCUT2D eigenvalue weighted by Crippen LogP contribution is 2.23. The van der Waals surface area contributed by atoms with Crippen LogP contribution in [0.25, 0.3) is 11.0 Å². The van der Waals surface area contributed by atoms with E-state index in [0.29, 0.717) is 24.7 Å². The first-order valence-electron chi connectivity index (χ1n) is 8.58. The fourth-order valence-corrected chi connectivity index (χ4v) is 3.62. The molecule has 130 valence electrons. The zero-order valence-electron chi connectivity index (χ0n) is 14.5. The Hall–Kier alpha value is -2.67. The number of nitrogens with two attached hydrogens (primary N) is 1. The van der Waals surface area contributed by atoms with Gasteiger partial charge in [-0.15, -0.1) is 0 Å².